The molecular weight excluding hydrogens is 542 g/mol. The maximum atomic E-state index is 12.4. The molecule has 14 heteroatoms. The lowest BCUT2D eigenvalue weighted by Crippen LogP contribution is -2.43. The van der Waals surface area contributed by atoms with E-state index in [2.05, 4.69) is 42.2 Å². The number of rotatable bonds is 9. The Morgan fingerprint density at radius 1 is 1.12 bits per heavy atom. The summed E-state index contributed by atoms with van der Waals surface area (Å²) in [7, 11) is 3.80. The van der Waals surface area contributed by atoms with Gasteiger partial charge in [-0.25, -0.2) is 19.9 Å². The van der Waals surface area contributed by atoms with Gasteiger partial charge in [-0.3, -0.25) is 19.1 Å². The van der Waals surface area contributed by atoms with Crippen LogP contribution in [0.2, 0.25) is 0 Å². The fourth-order valence-corrected chi connectivity index (χ4v) is 5.89. The maximum Gasteiger partial charge on any atom is 0.277 e. The summed E-state index contributed by atoms with van der Waals surface area (Å²) in [6.45, 7) is 7.23. The van der Waals surface area contributed by atoms with Crippen molar-refractivity contribution in [3.8, 4) is 22.1 Å². The second kappa shape index (κ2) is 11.5. The highest BCUT2D eigenvalue weighted by Crippen LogP contribution is 2.34. The SMILES string of the molecule is C[C@@H](CCO)n1nc(-c2ncc(CN3CCN(C)CC3)s2)c2cnc(Nc3ccnc(-c4c[nH]n(C)c4=O)n3)cc21. The molecule has 6 rings (SSSR count). The van der Waals surface area contributed by atoms with Crippen molar-refractivity contribution in [1.82, 2.24) is 49.3 Å². The fraction of sp³-hybridized carbons (Fsp3) is 0.407. The average molecular weight is 576 g/mol. The van der Waals surface area contributed by atoms with Crippen molar-refractivity contribution in [2.24, 2.45) is 7.05 Å². The van der Waals surface area contributed by atoms with E-state index in [9.17, 15) is 9.90 Å². The summed E-state index contributed by atoms with van der Waals surface area (Å²) in [5, 5.41) is 22.4. The van der Waals surface area contributed by atoms with Crippen LogP contribution in [0.25, 0.3) is 33.0 Å². The fourth-order valence-electron chi connectivity index (χ4n) is 4.93. The van der Waals surface area contributed by atoms with Crippen molar-refractivity contribution in [2.45, 2.75) is 25.9 Å². The zero-order valence-electron chi connectivity index (χ0n) is 23.3. The number of aryl methyl sites for hydroxylation is 1. The Labute approximate surface area is 240 Å². The van der Waals surface area contributed by atoms with E-state index in [1.807, 2.05) is 23.9 Å². The molecule has 1 saturated heterocycles. The van der Waals surface area contributed by atoms with Crippen LogP contribution in [0.4, 0.5) is 11.6 Å². The first-order valence-electron chi connectivity index (χ1n) is 13.6. The molecule has 5 aromatic heterocycles. The van der Waals surface area contributed by atoms with Gasteiger partial charge in [0.2, 0.25) is 0 Å². The lowest BCUT2D eigenvalue weighted by atomic mass is 10.2. The third-order valence-corrected chi connectivity index (χ3v) is 8.37. The van der Waals surface area contributed by atoms with Gasteiger partial charge in [-0.15, -0.1) is 11.3 Å². The Morgan fingerprint density at radius 2 is 1.95 bits per heavy atom. The second-order valence-corrected chi connectivity index (χ2v) is 11.5. The van der Waals surface area contributed by atoms with Crippen molar-refractivity contribution in [1.29, 1.82) is 0 Å². The van der Waals surface area contributed by atoms with E-state index >= 15 is 0 Å². The van der Waals surface area contributed by atoms with Crippen LogP contribution in [-0.2, 0) is 13.6 Å². The van der Waals surface area contributed by atoms with Crippen LogP contribution in [-0.4, -0.2) is 94.2 Å². The van der Waals surface area contributed by atoms with Crippen molar-refractivity contribution in [2.75, 3.05) is 45.2 Å². The number of aliphatic hydroxyl groups is 1. The predicted molar refractivity (Wildman–Crippen MR) is 158 cm³/mol. The van der Waals surface area contributed by atoms with E-state index in [-0.39, 0.29) is 18.2 Å². The molecule has 1 aliphatic heterocycles. The van der Waals surface area contributed by atoms with E-state index in [4.69, 9.17) is 10.1 Å². The highest BCUT2D eigenvalue weighted by Gasteiger charge is 2.21. The number of nitrogens with one attached hydrogen (secondary N) is 2. The largest absolute Gasteiger partial charge is 0.396 e. The first-order chi connectivity index (χ1) is 19.9. The Balaban J connectivity index is 1.30. The van der Waals surface area contributed by atoms with Crippen LogP contribution in [0.5, 0.6) is 0 Å². The van der Waals surface area contributed by atoms with E-state index in [0.29, 0.717) is 29.4 Å². The van der Waals surface area contributed by atoms with Gasteiger partial charge in [0.05, 0.1) is 11.6 Å². The third-order valence-electron chi connectivity index (χ3n) is 7.38. The Kier molecular flexibility index (Phi) is 7.62. The number of likely N-dealkylation sites (N-methyl/N-ethyl adjacent to an activating group) is 1. The minimum atomic E-state index is -0.204. The molecule has 0 amide bonds. The molecule has 0 spiro atoms. The Hall–Kier alpha value is -3.98. The first-order valence-corrected chi connectivity index (χ1v) is 14.4. The monoisotopic (exact) mass is 575 g/mol. The summed E-state index contributed by atoms with van der Waals surface area (Å²) in [5.74, 6) is 1.40. The molecule has 13 nitrogen and oxygen atoms in total. The number of aliphatic hydroxyl groups excluding tert-OH is 1. The summed E-state index contributed by atoms with van der Waals surface area (Å²) >= 11 is 1.66. The molecule has 0 saturated carbocycles. The number of hydrogen-bond acceptors (Lipinski definition) is 11. The molecule has 0 aromatic carbocycles. The predicted octanol–water partition coefficient (Wildman–Crippen LogP) is 2.47. The molecule has 6 heterocycles. The van der Waals surface area contributed by atoms with Crippen LogP contribution in [0, 0.1) is 0 Å². The number of H-pyrrole nitrogens is 1. The molecule has 0 bridgehead atoms. The van der Waals surface area contributed by atoms with E-state index in [1.165, 1.54) is 9.56 Å². The molecule has 0 unspecified atom stereocenters. The van der Waals surface area contributed by atoms with E-state index in [0.717, 1.165) is 54.3 Å². The van der Waals surface area contributed by atoms with Gasteiger partial charge < -0.3 is 20.4 Å². The molecular formula is C27H33N11O2S. The highest BCUT2D eigenvalue weighted by atomic mass is 32.1. The van der Waals surface area contributed by atoms with Crippen LogP contribution in [0.15, 0.2) is 41.7 Å². The van der Waals surface area contributed by atoms with Crippen molar-refractivity contribution in [3.63, 3.8) is 0 Å². The topological polar surface area (TPSA) is 146 Å². The normalized spacial score (nSPS) is 15.5. The van der Waals surface area contributed by atoms with Gasteiger partial charge in [0, 0.05) is 87.5 Å². The average Bonchev–Trinajstić information content (AvgIpc) is 3.67. The number of aromatic nitrogens is 8. The minimum absolute atomic E-state index is 0.0354. The van der Waals surface area contributed by atoms with Crippen molar-refractivity contribution < 1.29 is 5.11 Å². The summed E-state index contributed by atoms with van der Waals surface area (Å²) in [4.78, 5) is 36.6. The molecule has 1 aliphatic rings. The van der Waals surface area contributed by atoms with Gasteiger partial charge in [0.15, 0.2) is 5.82 Å². The summed E-state index contributed by atoms with van der Waals surface area (Å²) in [6, 6.07) is 3.61. The lowest BCUT2D eigenvalue weighted by Gasteiger charge is -2.31. The quantitative estimate of drug-likeness (QED) is 0.240. The number of piperazine rings is 1. The number of fused-ring (bicyclic) bond motifs is 1. The standard InChI is InChI=1S/C27H33N11O2S/c1-17(5-11-39)38-21-12-23(32-22-4-6-28-25(33-22)20-15-31-36(3)27(20)40)29-14-19(21)24(34-38)26-30-13-18(41-26)16-37-9-7-35(2)8-10-37/h4,6,12-15,17,31,39H,5,7-11,16H2,1-3H3,(H,28,29,32,33)/t17-/m0/s1. The van der Waals surface area contributed by atoms with Gasteiger partial charge in [0.25, 0.3) is 5.56 Å². The summed E-state index contributed by atoms with van der Waals surface area (Å²) in [5.41, 5.74) is 1.84. The van der Waals surface area contributed by atoms with E-state index in [1.54, 1.807) is 43.0 Å². The van der Waals surface area contributed by atoms with Gasteiger partial charge in [-0.1, -0.05) is 0 Å². The highest BCUT2D eigenvalue weighted by molar-refractivity contribution is 7.15. The molecule has 1 fully saturated rings. The molecule has 5 aromatic rings. The number of hydrogen-bond donors (Lipinski definition) is 3. The second-order valence-electron chi connectivity index (χ2n) is 10.4. The number of pyridine rings is 1. The molecule has 0 radical (unpaired) electrons. The van der Waals surface area contributed by atoms with Gasteiger partial charge in [-0.2, -0.15) is 5.10 Å². The molecule has 1 atom stereocenters. The Bertz CT molecular complexity index is 1710. The van der Waals surface area contributed by atoms with Crippen LogP contribution >= 0.6 is 11.3 Å². The zero-order valence-corrected chi connectivity index (χ0v) is 24.1. The molecule has 0 aliphatic carbocycles. The molecule has 41 heavy (non-hydrogen) atoms. The lowest BCUT2D eigenvalue weighted by molar-refractivity contribution is 0.149. The smallest absolute Gasteiger partial charge is 0.277 e. The minimum Gasteiger partial charge on any atom is -0.396 e. The van der Waals surface area contributed by atoms with E-state index < -0.39 is 0 Å². The molecule has 214 valence electrons. The summed E-state index contributed by atoms with van der Waals surface area (Å²) < 4.78 is 3.31. The van der Waals surface area contributed by atoms with Crippen LogP contribution in [0.3, 0.4) is 0 Å². The van der Waals surface area contributed by atoms with Crippen LogP contribution in [0.1, 0.15) is 24.3 Å². The van der Waals surface area contributed by atoms with Crippen molar-refractivity contribution in [3.05, 3.63) is 52.2 Å². The van der Waals surface area contributed by atoms with Crippen molar-refractivity contribution >= 4 is 33.9 Å². The summed E-state index contributed by atoms with van der Waals surface area (Å²) in [6.07, 6.45) is 7.50. The Morgan fingerprint density at radius 3 is 2.71 bits per heavy atom. The first kappa shape index (κ1) is 27.2. The number of anilines is 2. The number of thiazole rings is 1. The number of aromatic amines is 1. The maximum absolute atomic E-state index is 12.4. The number of nitrogens with zero attached hydrogens (tertiary/aromatic N) is 9. The van der Waals surface area contributed by atoms with Gasteiger partial charge in [-0.05, 0) is 26.5 Å². The van der Waals surface area contributed by atoms with Gasteiger partial charge in [0.1, 0.15) is 27.9 Å². The zero-order chi connectivity index (χ0) is 28.5. The van der Waals surface area contributed by atoms with Crippen LogP contribution < -0.4 is 10.9 Å². The van der Waals surface area contributed by atoms with Gasteiger partial charge >= 0.3 is 0 Å². The third kappa shape index (κ3) is 5.63. The molecule has 3 N–H and O–H groups in total.